The lowest BCUT2D eigenvalue weighted by Gasteiger charge is -2.46. The number of nitrogens with zero attached hydrogens (tertiary/aromatic N) is 1. The molecule has 1 N–H and O–H groups in total. The minimum Gasteiger partial charge on any atom is -0.447 e. The van der Waals surface area contributed by atoms with Crippen LogP contribution < -0.4 is 0 Å². The molecule has 2 fully saturated rings. The smallest absolute Gasteiger partial charge is 0.417 e. The summed E-state index contributed by atoms with van der Waals surface area (Å²) in [7, 11) is 0. The number of amides is 2. The lowest BCUT2D eigenvalue weighted by Crippen LogP contribution is -2.59. The second kappa shape index (κ2) is 8.04. The number of imide groups is 1. The van der Waals surface area contributed by atoms with Gasteiger partial charge >= 0.3 is 6.09 Å². The van der Waals surface area contributed by atoms with Crippen molar-refractivity contribution in [1.29, 1.82) is 0 Å². The lowest BCUT2D eigenvalue weighted by molar-refractivity contribution is -0.254. The molecule has 0 aromatic rings. The van der Waals surface area contributed by atoms with Gasteiger partial charge < -0.3 is 19.3 Å². The first-order valence-corrected chi connectivity index (χ1v) is 10.4. The van der Waals surface area contributed by atoms with Gasteiger partial charge in [0.25, 0.3) is 0 Å². The summed E-state index contributed by atoms with van der Waals surface area (Å²) in [6, 6.07) is -0.320. The number of aliphatic hydroxyl groups is 1. The summed E-state index contributed by atoms with van der Waals surface area (Å²) in [5.41, 5.74) is -0.849. The second-order valence-corrected chi connectivity index (χ2v) is 8.70. The molecule has 0 radical (unpaired) electrons. The highest BCUT2D eigenvalue weighted by atomic mass is 32.2. The van der Waals surface area contributed by atoms with Gasteiger partial charge in [-0.25, -0.2) is 9.69 Å². The standard InChI is InChI=1S/C18H31NO6S/c1-7-18(24-8-9-25-18)17(4,5)14(20)13(26-6)15(21)19-12(11(2)3)10-23-16(19)22/h11-14,20H,7-10H2,1-6H3/t12-,13?,14+/m1/s1. The summed E-state index contributed by atoms with van der Waals surface area (Å²) in [5, 5.41) is 10.3. The fourth-order valence-electron chi connectivity index (χ4n) is 3.77. The first-order chi connectivity index (χ1) is 12.1. The summed E-state index contributed by atoms with van der Waals surface area (Å²) in [5.74, 6) is -1.31. The maximum atomic E-state index is 13.2. The number of carbonyl (C=O) groups is 2. The van der Waals surface area contributed by atoms with Crippen LogP contribution in [0.4, 0.5) is 4.79 Å². The number of carbonyl (C=O) groups excluding carboxylic acids is 2. The van der Waals surface area contributed by atoms with Gasteiger partial charge in [0.1, 0.15) is 11.9 Å². The molecule has 8 heteroatoms. The minimum absolute atomic E-state index is 0.0709. The molecule has 2 aliphatic heterocycles. The Kier molecular flexibility index (Phi) is 6.64. The van der Waals surface area contributed by atoms with Crippen LogP contribution in [-0.2, 0) is 19.0 Å². The molecule has 0 aromatic carbocycles. The van der Waals surface area contributed by atoms with E-state index in [0.29, 0.717) is 19.6 Å². The first kappa shape index (κ1) is 21.5. The van der Waals surface area contributed by atoms with Gasteiger partial charge in [-0.3, -0.25) is 4.79 Å². The Balaban J connectivity index is 2.28. The molecule has 2 heterocycles. The van der Waals surface area contributed by atoms with Gasteiger partial charge in [-0.15, -0.1) is 11.8 Å². The van der Waals surface area contributed by atoms with Crippen LogP contribution in [0.3, 0.4) is 0 Å². The zero-order chi connectivity index (χ0) is 19.7. The summed E-state index contributed by atoms with van der Waals surface area (Å²) in [6.07, 6.45) is 0.593. The number of hydrogen-bond acceptors (Lipinski definition) is 7. The topological polar surface area (TPSA) is 85.3 Å². The van der Waals surface area contributed by atoms with E-state index < -0.39 is 34.6 Å². The third-order valence-corrected chi connectivity index (χ3v) is 6.60. The van der Waals surface area contributed by atoms with E-state index in [4.69, 9.17) is 14.2 Å². The summed E-state index contributed by atoms with van der Waals surface area (Å²) < 4.78 is 16.8. The zero-order valence-corrected chi connectivity index (χ0v) is 17.3. The molecular weight excluding hydrogens is 358 g/mol. The summed E-state index contributed by atoms with van der Waals surface area (Å²) in [6.45, 7) is 10.6. The van der Waals surface area contributed by atoms with Gasteiger partial charge in [0.05, 0.1) is 25.4 Å². The highest BCUT2D eigenvalue weighted by Crippen LogP contribution is 2.46. The van der Waals surface area contributed by atoms with E-state index in [1.807, 2.05) is 34.6 Å². The van der Waals surface area contributed by atoms with E-state index in [1.165, 1.54) is 16.7 Å². The van der Waals surface area contributed by atoms with E-state index in [1.54, 1.807) is 6.26 Å². The fraction of sp³-hybridized carbons (Fsp3) is 0.889. The molecular formula is C18H31NO6S. The maximum absolute atomic E-state index is 13.2. The molecule has 0 aromatic heterocycles. The van der Waals surface area contributed by atoms with Crippen LogP contribution in [0.5, 0.6) is 0 Å². The number of ether oxygens (including phenoxy) is 3. The predicted molar refractivity (Wildman–Crippen MR) is 98.8 cm³/mol. The minimum atomic E-state index is -1.07. The lowest BCUT2D eigenvalue weighted by atomic mass is 9.75. The molecule has 3 atom stereocenters. The molecule has 0 aliphatic carbocycles. The van der Waals surface area contributed by atoms with Crippen LogP contribution in [0.15, 0.2) is 0 Å². The Morgan fingerprint density at radius 1 is 1.38 bits per heavy atom. The third kappa shape index (κ3) is 3.48. The number of hydrogen-bond donors (Lipinski definition) is 1. The first-order valence-electron chi connectivity index (χ1n) is 9.11. The van der Waals surface area contributed by atoms with E-state index >= 15 is 0 Å². The predicted octanol–water partition coefficient (Wildman–Crippen LogP) is 2.26. The van der Waals surface area contributed by atoms with Gasteiger partial charge in [0, 0.05) is 5.41 Å². The van der Waals surface area contributed by atoms with Gasteiger partial charge in [0.2, 0.25) is 5.91 Å². The Hall–Kier alpha value is -0.830. The SMILES string of the molecule is CCC1(C(C)(C)[C@@H](O)C(SC)C(=O)N2C(=O)OC[C@@H]2C(C)C)OCCO1. The van der Waals surface area contributed by atoms with Crippen molar-refractivity contribution in [2.24, 2.45) is 11.3 Å². The van der Waals surface area contributed by atoms with E-state index in [-0.39, 0.29) is 18.6 Å². The third-order valence-electron chi connectivity index (χ3n) is 5.64. The van der Waals surface area contributed by atoms with Crippen molar-refractivity contribution < 1.29 is 28.9 Å². The van der Waals surface area contributed by atoms with Gasteiger partial charge in [-0.05, 0) is 18.6 Å². The van der Waals surface area contributed by atoms with Crippen LogP contribution in [-0.4, -0.2) is 71.3 Å². The molecule has 2 aliphatic rings. The molecule has 0 bridgehead atoms. The van der Waals surface area contributed by atoms with Crippen molar-refractivity contribution in [2.75, 3.05) is 26.1 Å². The van der Waals surface area contributed by atoms with Crippen molar-refractivity contribution in [2.45, 2.75) is 64.2 Å². The van der Waals surface area contributed by atoms with Crippen molar-refractivity contribution >= 4 is 23.8 Å². The summed E-state index contributed by atoms with van der Waals surface area (Å²) >= 11 is 1.22. The van der Waals surface area contributed by atoms with E-state index in [2.05, 4.69) is 0 Å². The molecule has 2 rings (SSSR count). The fourth-order valence-corrected chi connectivity index (χ4v) is 4.69. The van der Waals surface area contributed by atoms with Crippen molar-refractivity contribution in [3.8, 4) is 0 Å². The van der Waals surface area contributed by atoms with Crippen molar-refractivity contribution in [1.82, 2.24) is 4.90 Å². The Labute approximate surface area is 159 Å². The Morgan fingerprint density at radius 2 is 1.96 bits per heavy atom. The van der Waals surface area contributed by atoms with Crippen LogP contribution in [0.2, 0.25) is 0 Å². The van der Waals surface area contributed by atoms with Crippen LogP contribution >= 0.6 is 11.8 Å². The summed E-state index contributed by atoms with van der Waals surface area (Å²) in [4.78, 5) is 26.5. The maximum Gasteiger partial charge on any atom is 0.417 e. The van der Waals surface area contributed by atoms with E-state index in [0.717, 1.165) is 0 Å². The van der Waals surface area contributed by atoms with Gasteiger partial charge in [-0.1, -0.05) is 34.6 Å². The molecule has 2 saturated heterocycles. The highest BCUT2D eigenvalue weighted by molar-refractivity contribution is 8.00. The average molecular weight is 390 g/mol. The van der Waals surface area contributed by atoms with Crippen LogP contribution in [0.1, 0.15) is 41.0 Å². The van der Waals surface area contributed by atoms with Crippen molar-refractivity contribution in [3.05, 3.63) is 0 Å². The number of cyclic esters (lactones) is 1. The molecule has 7 nitrogen and oxygen atoms in total. The molecule has 0 spiro atoms. The number of thioether (sulfide) groups is 1. The highest BCUT2D eigenvalue weighted by Gasteiger charge is 2.56. The Morgan fingerprint density at radius 3 is 2.42 bits per heavy atom. The molecule has 150 valence electrons. The number of rotatable bonds is 7. The second-order valence-electron chi connectivity index (χ2n) is 7.72. The number of aliphatic hydroxyl groups excluding tert-OH is 1. The van der Waals surface area contributed by atoms with E-state index in [9.17, 15) is 14.7 Å². The van der Waals surface area contributed by atoms with Crippen LogP contribution in [0.25, 0.3) is 0 Å². The molecule has 26 heavy (non-hydrogen) atoms. The quantitative estimate of drug-likeness (QED) is 0.715. The average Bonchev–Trinajstić information content (AvgIpc) is 3.22. The molecule has 0 saturated carbocycles. The van der Waals surface area contributed by atoms with Gasteiger partial charge in [0.15, 0.2) is 5.79 Å². The monoisotopic (exact) mass is 389 g/mol. The van der Waals surface area contributed by atoms with Crippen molar-refractivity contribution in [3.63, 3.8) is 0 Å². The van der Waals surface area contributed by atoms with Gasteiger partial charge in [-0.2, -0.15) is 0 Å². The largest absolute Gasteiger partial charge is 0.447 e. The normalized spacial score (nSPS) is 25.5. The van der Waals surface area contributed by atoms with Crippen LogP contribution in [0, 0.1) is 11.3 Å². The molecule has 2 amide bonds. The molecule has 1 unspecified atom stereocenters. The Bertz CT molecular complexity index is 532. The zero-order valence-electron chi connectivity index (χ0n) is 16.5.